The number of urea groups is 1. The van der Waals surface area contributed by atoms with E-state index in [1.807, 2.05) is 31.2 Å². The zero-order valence-electron chi connectivity index (χ0n) is 16.9. The highest BCUT2D eigenvalue weighted by Gasteiger charge is 2.13. The van der Waals surface area contributed by atoms with E-state index < -0.39 is 0 Å². The molecule has 3 N–H and O–H groups in total. The van der Waals surface area contributed by atoms with Gasteiger partial charge in [-0.15, -0.1) is 0 Å². The summed E-state index contributed by atoms with van der Waals surface area (Å²) < 4.78 is 0.779. The summed E-state index contributed by atoms with van der Waals surface area (Å²) in [6, 6.07) is 17.5. The molecule has 0 saturated carbocycles. The number of amides is 3. The minimum absolute atomic E-state index is 0.272. The number of carbonyl (C=O) groups excluding carboxylic acids is 2. The first-order valence-corrected chi connectivity index (χ1v) is 11.2. The maximum atomic E-state index is 12.7. The number of nitrogens with zero attached hydrogens (tertiary/aromatic N) is 1. The molecule has 3 aromatic carbocycles. The molecule has 162 valence electrons. The van der Waals surface area contributed by atoms with E-state index in [9.17, 15) is 9.59 Å². The average molecular weight is 485 g/mol. The molecule has 4 aromatic rings. The van der Waals surface area contributed by atoms with E-state index in [2.05, 4.69) is 20.9 Å². The number of aromatic nitrogens is 1. The van der Waals surface area contributed by atoms with Gasteiger partial charge in [-0.2, -0.15) is 0 Å². The lowest BCUT2D eigenvalue weighted by Gasteiger charge is -2.10. The summed E-state index contributed by atoms with van der Waals surface area (Å²) in [6.45, 7) is 2.24. The fourth-order valence-corrected chi connectivity index (χ4v) is 4.32. The van der Waals surface area contributed by atoms with Crippen molar-refractivity contribution >= 4 is 67.5 Å². The molecule has 0 radical (unpaired) electrons. The summed E-state index contributed by atoms with van der Waals surface area (Å²) in [7, 11) is 0. The van der Waals surface area contributed by atoms with Gasteiger partial charge in [-0.05, 0) is 54.4 Å². The first-order valence-electron chi connectivity index (χ1n) is 9.65. The summed E-state index contributed by atoms with van der Waals surface area (Å²) in [5.74, 6) is -0.272. The third kappa shape index (κ3) is 5.19. The maximum Gasteiger partial charge on any atom is 0.321 e. The van der Waals surface area contributed by atoms with E-state index in [4.69, 9.17) is 23.2 Å². The summed E-state index contributed by atoms with van der Waals surface area (Å²) >= 11 is 13.4. The molecule has 9 heteroatoms. The highest BCUT2D eigenvalue weighted by molar-refractivity contribution is 7.22. The number of benzene rings is 3. The number of rotatable bonds is 5. The van der Waals surface area contributed by atoms with Crippen molar-refractivity contribution in [3.05, 3.63) is 87.4 Å². The Morgan fingerprint density at radius 3 is 2.53 bits per heavy atom. The summed E-state index contributed by atoms with van der Waals surface area (Å²) in [6.07, 6.45) is 0. The predicted octanol–water partition coefficient (Wildman–Crippen LogP) is 6.49. The Hall–Kier alpha value is -3.13. The molecule has 1 heterocycles. The fraction of sp³-hybridized carbons (Fsp3) is 0.0870. The first-order chi connectivity index (χ1) is 15.4. The van der Waals surface area contributed by atoms with E-state index in [0.717, 1.165) is 15.8 Å². The van der Waals surface area contributed by atoms with Crippen molar-refractivity contribution in [1.82, 2.24) is 10.3 Å². The highest BCUT2D eigenvalue weighted by atomic mass is 35.5. The first kappa shape index (κ1) is 22.1. The highest BCUT2D eigenvalue weighted by Crippen LogP contribution is 2.29. The second-order valence-electron chi connectivity index (χ2n) is 7.02. The molecule has 0 spiro atoms. The number of halogens is 2. The number of hydrogen-bond donors (Lipinski definition) is 3. The zero-order chi connectivity index (χ0) is 22.7. The van der Waals surface area contributed by atoms with Crippen LogP contribution in [0.2, 0.25) is 10.0 Å². The van der Waals surface area contributed by atoms with Gasteiger partial charge in [-0.1, -0.05) is 58.8 Å². The summed E-state index contributed by atoms with van der Waals surface area (Å²) in [5, 5.41) is 9.92. The SMILES string of the molecule is Cc1cccc(Cl)c1NC(=O)c1ccc2nc(NC(=O)NCc3ccc(Cl)cc3)sc2c1. The van der Waals surface area contributed by atoms with Gasteiger partial charge in [0, 0.05) is 17.1 Å². The van der Waals surface area contributed by atoms with Gasteiger partial charge in [0.2, 0.25) is 0 Å². The number of nitrogens with one attached hydrogen (secondary N) is 3. The molecule has 0 aliphatic rings. The molecule has 0 bridgehead atoms. The smallest absolute Gasteiger partial charge is 0.321 e. The number of aryl methyl sites for hydroxylation is 1. The Balaban J connectivity index is 1.42. The van der Waals surface area contributed by atoms with Crippen LogP contribution in [0.4, 0.5) is 15.6 Å². The lowest BCUT2D eigenvalue weighted by atomic mass is 10.1. The van der Waals surface area contributed by atoms with Crippen LogP contribution in [0.5, 0.6) is 0 Å². The molecule has 32 heavy (non-hydrogen) atoms. The van der Waals surface area contributed by atoms with Crippen molar-refractivity contribution in [2.75, 3.05) is 10.6 Å². The van der Waals surface area contributed by atoms with E-state index in [1.165, 1.54) is 11.3 Å². The molecular formula is C23H18Cl2N4O2S. The lowest BCUT2D eigenvalue weighted by molar-refractivity contribution is 0.102. The van der Waals surface area contributed by atoms with Gasteiger partial charge >= 0.3 is 6.03 Å². The molecule has 0 unspecified atom stereocenters. The molecular weight excluding hydrogens is 467 g/mol. The summed E-state index contributed by atoms with van der Waals surface area (Å²) in [5.41, 5.74) is 3.55. The van der Waals surface area contributed by atoms with Crippen LogP contribution in [-0.4, -0.2) is 16.9 Å². The van der Waals surface area contributed by atoms with Crippen molar-refractivity contribution in [2.45, 2.75) is 13.5 Å². The quantitative estimate of drug-likeness (QED) is 0.302. The van der Waals surface area contributed by atoms with E-state index >= 15 is 0 Å². The van der Waals surface area contributed by atoms with Gasteiger partial charge in [0.15, 0.2) is 5.13 Å². The Kier molecular flexibility index (Phi) is 6.60. The standard InChI is InChI=1S/C23H18Cl2N4O2S/c1-13-3-2-4-17(25)20(13)28-21(30)15-7-10-18-19(11-15)32-23(27-18)29-22(31)26-12-14-5-8-16(24)9-6-14/h2-11H,12H2,1H3,(H,28,30)(H2,26,27,29,31). The summed E-state index contributed by atoms with van der Waals surface area (Å²) in [4.78, 5) is 29.3. The number of hydrogen-bond acceptors (Lipinski definition) is 4. The van der Waals surface area contributed by atoms with Crippen molar-refractivity contribution in [3.63, 3.8) is 0 Å². The topological polar surface area (TPSA) is 83.1 Å². The zero-order valence-corrected chi connectivity index (χ0v) is 19.2. The fourth-order valence-electron chi connectivity index (χ4n) is 3.02. The third-order valence-electron chi connectivity index (χ3n) is 4.70. The number of anilines is 2. The Morgan fingerprint density at radius 2 is 1.78 bits per heavy atom. The molecule has 0 aliphatic carbocycles. The molecule has 0 atom stereocenters. The van der Waals surface area contributed by atoms with Crippen LogP contribution in [0.15, 0.2) is 60.7 Å². The molecule has 4 rings (SSSR count). The monoisotopic (exact) mass is 484 g/mol. The van der Waals surface area contributed by atoms with Crippen LogP contribution in [-0.2, 0) is 6.54 Å². The molecule has 0 aliphatic heterocycles. The van der Waals surface area contributed by atoms with Crippen LogP contribution < -0.4 is 16.0 Å². The Morgan fingerprint density at radius 1 is 1.00 bits per heavy atom. The van der Waals surface area contributed by atoms with Gasteiger partial charge in [0.1, 0.15) is 0 Å². The van der Waals surface area contributed by atoms with Gasteiger partial charge in [-0.3, -0.25) is 10.1 Å². The van der Waals surface area contributed by atoms with E-state index in [0.29, 0.717) is 38.5 Å². The number of para-hydroxylation sites is 1. The maximum absolute atomic E-state index is 12.7. The number of thiazole rings is 1. The van der Waals surface area contributed by atoms with E-state index in [-0.39, 0.29) is 11.9 Å². The van der Waals surface area contributed by atoms with Crippen molar-refractivity contribution < 1.29 is 9.59 Å². The molecule has 6 nitrogen and oxygen atoms in total. The van der Waals surface area contributed by atoms with Crippen LogP contribution in [0, 0.1) is 6.92 Å². The van der Waals surface area contributed by atoms with Crippen LogP contribution in [0.25, 0.3) is 10.2 Å². The lowest BCUT2D eigenvalue weighted by Crippen LogP contribution is -2.28. The molecule has 0 fully saturated rings. The minimum atomic E-state index is -0.369. The second-order valence-corrected chi connectivity index (χ2v) is 8.90. The minimum Gasteiger partial charge on any atom is -0.334 e. The van der Waals surface area contributed by atoms with Crippen molar-refractivity contribution in [1.29, 1.82) is 0 Å². The van der Waals surface area contributed by atoms with Crippen molar-refractivity contribution in [2.24, 2.45) is 0 Å². The van der Waals surface area contributed by atoms with Crippen LogP contribution >= 0.6 is 34.5 Å². The van der Waals surface area contributed by atoms with Gasteiger partial charge in [-0.25, -0.2) is 9.78 Å². The van der Waals surface area contributed by atoms with Crippen molar-refractivity contribution in [3.8, 4) is 0 Å². The van der Waals surface area contributed by atoms with E-state index in [1.54, 1.807) is 36.4 Å². The van der Waals surface area contributed by atoms with Gasteiger partial charge < -0.3 is 10.6 Å². The number of fused-ring (bicyclic) bond motifs is 1. The average Bonchev–Trinajstić information content (AvgIpc) is 3.17. The van der Waals surface area contributed by atoms with Gasteiger partial charge in [0.25, 0.3) is 5.91 Å². The normalized spacial score (nSPS) is 10.7. The number of carbonyl (C=O) groups is 2. The van der Waals surface area contributed by atoms with Gasteiger partial charge in [0.05, 0.1) is 20.9 Å². The van der Waals surface area contributed by atoms with Crippen LogP contribution in [0.1, 0.15) is 21.5 Å². The molecule has 1 aromatic heterocycles. The molecule has 3 amide bonds. The Labute approximate surface area is 198 Å². The predicted molar refractivity (Wildman–Crippen MR) is 131 cm³/mol. The van der Waals surface area contributed by atoms with Crippen LogP contribution in [0.3, 0.4) is 0 Å². The third-order valence-corrected chi connectivity index (χ3v) is 6.20. The Bertz CT molecular complexity index is 1290. The largest absolute Gasteiger partial charge is 0.334 e. The second kappa shape index (κ2) is 9.56. The molecule has 0 saturated heterocycles.